The van der Waals surface area contributed by atoms with Crippen LogP contribution in [0.2, 0.25) is 0 Å². The molecule has 0 atom stereocenters. The van der Waals surface area contributed by atoms with Crippen molar-refractivity contribution in [3.8, 4) is 0 Å². The van der Waals surface area contributed by atoms with Gasteiger partial charge in [-0.2, -0.15) is 0 Å². The molecule has 108 valence electrons. The van der Waals surface area contributed by atoms with Crippen LogP contribution in [0.4, 0.5) is 0 Å². The van der Waals surface area contributed by atoms with Crippen LogP contribution in [0.25, 0.3) is 0 Å². The highest BCUT2D eigenvalue weighted by Gasteiger charge is 2.15. The van der Waals surface area contributed by atoms with E-state index in [0.717, 1.165) is 44.7 Å². The minimum absolute atomic E-state index is 0.303. The van der Waals surface area contributed by atoms with Crippen molar-refractivity contribution >= 4 is 5.78 Å². The molecule has 1 aromatic carbocycles. The summed E-state index contributed by atoms with van der Waals surface area (Å²) in [5, 5.41) is 3.34. The molecule has 0 bridgehead atoms. The highest BCUT2D eigenvalue weighted by atomic mass is 16.1. The zero-order valence-electron chi connectivity index (χ0n) is 12.2. The Morgan fingerprint density at radius 2 is 1.85 bits per heavy atom. The van der Waals surface area contributed by atoms with E-state index in [0.29, 0.717) is 12.2 Å². The molecule has 1 fully saturated rings. The second kappa shape index (κ2) is 6.51. The van der Waals surface area contributed by atoms with E-state index in [4.69, 9.17) is 0 Å². The van der Waals surface area contributed by atoms with Gasteiger partial charge in [-0.05, 0) is 42.9 Å². The zero-order valence-corrected chi connectivity index (χ0v) is 12.2. The molecule has 0 aromatic heterocycles. The van der Waals surface area contributed by atoms with E-state index in [1.165, 1.54) is 30.4 Å². The van der Waals surface area contributed by atoms with Crippen LogP contribution < -0.4 is 5.32 Å². The third-order valence-electron chi connectivity index (χ3n) is 4.54. The normalized spacial score (nSPS) is 19.6. The molecule has 0 amide bonds. The van der Waals surface area contributed by atoms with Crippen LogP contribution in [-0.2, 0) is 12.8 Å². The van der Waals surface area contributed by atoms with Gasteiger partial charge in [0.25, 0.3) is 0 Å². The van der Waals surface area contributed by atoms with Crippen molar-refractivity contribution in [2.24, 2.45) is 0 Å². The number of hydrogen-bond donors (Lipinski definition) is 1. The molecule has 2 aliphatic rings. The Morgan fingerprint density at radius 1 is 1.10 bits per heavy atom. The predicted molar refractivity (Wildman–Crippen MR) is 81.3 cm³/mol. The largest absolute Gasteiger partial charge is 0.314 e. The number of carbonyl (C=O) groups excluding carboxylic acids is 1. The number of Topliss-reactive ketones (excluding diaryl/α,β-unsaturated/α-hetero) is 1. The van der Waals surface area contributed by atoms with Gasteiger partial charge in [0.15, 0.2) is 5.78 Å². The second-order valence-corrected chi connectivity index (χ2v) is 5.96. The van der Waals surface area contributed by atoms with Crippen LogP contribution in [0.1, 0.15) is 40.7 Å². The van der Waals surface area contributed by atoms with Gasteiger partial charge >= 0.3 is 0 Å². The number of nitrogens with one attached hydrogen (secondary N) is 1. The van der Waals surface area contributed by atoms with Crippen LogP contribution in [0.15, 0.2) is 18.2 Å². The molecular weight excluding hydrogens is 248 g/mol. The van der Waals surface area contributed by atoms with Crippen molar-refractivity contribution in [1.82, 2.24) is 10.2 Å². The summed E-state index contributed by atoms with van der Waals surface area (Å²) < 4.78 is 0. The fourth-order valence-electron chi connectivity index (χ4n) is 3.25. The average Bonchev–Trinajstić information content (AvgIpc) is 2.53. The van der Waals surface area contributed by atoms with E-state index >= 15 is 0 Å². The third-order valence-corrected chi connectivity index (χ3v) is 4.54. The topological polar surface area (TPSA) is 32.3 Å². The fourth-order valence-corrected chi connectivity index (χ4v) is 3.25. The molecular formula is C17H24N2O. The molecule has 3 nitrogen and oxygen atoms in total. The predicted octanol–water partition coefficient (Wildman–Crippen LogP) is 2.04. The first-order chi connectivity index (χ1) is 9.83. The van der Waals surface area contributed by atoms with Gasteiger partial charge < -0.3 is 10.2 Å². The highest BCUT2D eigenvalue weighted by Crippen LogP contribution is 2.22. The van der Waals surface area contributed by atoms with Gasteiger partial charge in [0.05, 0.1) is 0 Å². The summed E-state index contributed by atoms with van der Waals surface area (Å²) in [5.74, 6) is 0.303. The van der Waals surface area contributed by atoms with Crippen LogP contribution >= 0.6 is 0 Å². The van der Waals surface area contributed by atoms with E-state index in [1.807, 2.05) is 6.07 Å². The SMILES string of the molecule is O=C(CCN1CCNCC1)c1ccc2c(c1)CCCC2. The lowest BCUT2D eigenvalue weighted by atomic mass is 9.89. The number of aryl methyl sites for hydroxylation is 2. The smallest absolute Gasteiger partial charge is 0.164 e. The molecule has 1 aromatic rings. The van der Waals surface area contributed by atoms with Crippen molar-refractivity contribution in [2.45, 2.75) is 32.1 Å². The molecule has 0 unspecified atom stereocenters. The van der Waals surface area contributed by atoms with Crippen molar-refractivity contribution in [2.75, 3.05) is 32.7 Å². The molecule has 1 N–H and O–H groups in total. The summed E-state index contributed by atoms with van der Waals surface area (Å²) in [4.78, 5) is 14.7. The lowest BCUT2D eigenvalue weighted by molar-refractivity contribution is 0.0960. The van der Waals surface area contributed by atoms with Gasteiger partial charge in [0, 0.05) is 44.7 Å². The number of ketones is 1. The van der Waals surface area contributed by atoms with Crippen molar-refractivity contribution in [3.05, 3.63) is 34.9 Å². The summed E-state index contributed by atoms with van der Waals surface area (Å²) in [6.07, 6.45) is 5.55. The number of piperazine rings is 1. The molecule has 20 heavy (non-hydrogen) atoms. The summed E-state index contributed by atoms with van der Waals surface area (Å²) >= 11 is 0. The van der Waals surface area contributed by atoms with E-state index in [-0.39, 0.29) is 0 Å². The van der Waals surface area contributed by atoms with Gasteiger partial charge in [-0.25, -0.2) is 0 Å². The molecule has 1 saturated heterocycles. The van der Waals surface area contributed by atoms with E-state index in [1.54, 1.807) is 0 Å². The number of rotatable bonds is 4. The monoisotopic (exact) mass is 272 g/mol. The maximum atomic E-state index is 12.3. The molecule has 1 heterocycles. The van der Waals surface area contributed by atoms with E-state index in [9.17, 15) is 4.79 Å². The fraction of sp³-hybridized carbons (Fsp3) is 0.588. The van der Waals surface area contributed by atoms with E-state index in [2.05, 4.69) is 22.3 Å². The number of benzene rings is 1. The Balaban J connectivity index is 1.59. The molecule has 0 spiro atoms. The van der Waals surface area contributed by atoms with Gasteiger partial charge in [-0.1, -0.05) is 12.1 Å². The van der Waals surface area contributed by atoms with Crippen LogP contribution in [-0.4, -0.2) is 43.4 Å². The number of carbonyl (C=O) groups is 1. The van der Waals surface area contributed by atoms with Crippen LogP contribution in [0.3, 0.4) is 0 Å². The number of hydrogen-bond acceptors (Lipinski definition) is 3. The second-order valence-electron chi connectivity index (χ2n) is 5.96. The Hall–Kier alpha value is -1.19. The summed E-state index contributed by atoms with van der Waals surface area (Å²) in [6.45, 7) is 5.13. The standard InChI is InChI=1S/C17H24N2O/c20-17(7-10-19-11-8-18-9-12-19)16-6-5-14-3-1-2-4-15(14)13-16/h5-6,13,18H,1-4,7-12H2. The maximum Gasteiger partial charge on any atom is 0.164 e. The number of nitrogens with zero attached hydrogens (tertiary/aromatic N) is 1. The first-order valence-electron chi connectivity index (χ1n) is 7.91. The first-order valence-corrected chi connectivity index (χ1v) is 7.91. The Morgan fingerprint density at radius 3 is 2.65 bits per heavy atom. The average molecular weight is 272 g/mol. The minimum atomic E-state index is 0.303. The lowest BCUT2D eigenvalue weighted by Gasteiger charge is -2.26. The summed E-state index contributed by atoms with van der Waals surface area (Å²) in [6, 6.07) is 6.35. The van der Waals surface area contributed by atoms with Crippen molar-refractivity contribution < 1.29 is 4.79 Å². The maximum absolute atomic E-state index is 12.3. The van der Waals surface area contributed by atoms with E-state index < -0.39 is 0 Å². The van der Waals surface area contributed by atoms with Crippen LogP contribution in [0.5, 0.6) is 0 Å². The van der Waals surface area contributed by atoms with Gasteiger partial charge in [0.2, 0.25) is 0 Å². The van der Waals surface area contributed by atoms with Gasteiger partial charge in [0.1, 0.15) is 0 Å². The van der Waals surface area contributed by atoms with Crippen molar-refractivity contribution in [1.29, 1.82) is 0 Å². The highest BCUT2D eigenvalue weighted by molar-refractivity contribution is 5.96. The molecule has 3 rings (SSSR count). The van der Waals surface area contributed by atoms with Gasteiger partial charge in [-0.15, -0.1) is 0 Å². The Bertz CT molecular complexity index is 478. The quantitative estimate of drug-likeness (QED) is 0.851. The minimum Gasteiger partial charge on any atom is -0.314 e. The van der Waals surface area contributed by atoms with Gasteiger partial charge in [-0.3, -0.25) is 4.79 Å². The number of fused-ring (bicyclic) bond motifs is 1. The first kappa shape index (κ1) is 13.8. The molecule has 0 saturated carbocycles. The lowest BCUT2D eigenvalue weighted by Crippen LogP contribution is -2.44. The van der Waals surface area contributed by atoms with Crippen molar-refractivity contribution in [3.63, 3.8) is 0 Å². The Kier molecular flexibility index (Phi) is 4.48. The summed E-state index contributed by atoms with van der Waals surface area (Å²) in [7, 11) is 0. The van der Waals surface area contributed by atoms with Crippen LogP contribution in [0, 0.1) is 0 Å². The zero-order chi connectivity index (χ0) is 13.8. The molecule has 0 radical (unpaired) electrons. The molecule has 1 aliphatic heterocycles. The molecule has 1 aliphatic carbocycles. The Labute approximate surface area is 121 Å². The summed E-state index contributed by atoms with van der Waals surface area (Å²) in [5.41, 5.74) is 3.78. The molecule has 3 heteroatoms. The third kappa shape index (κ3) is 3.28.